The van der Waals surface area contributed by atoms with E-state index in [9.17, 15) is 9.59 Å². The number of amides is 2. The molecule has 4 bridgehead atoms. The second kappa shape index (κ2) is 8.24. The molecule has 33 heavy (non-hydrogen) atoms. The van der Waals surface area contributed by atoms with Crippen LogP contribution in [0.3, 0.4) is 0 Å². The molecular formula is C27H29N3O2S. The van der Waals surface area contributed by atoms with E-state index in [4.69, 9.17) is 0 Å². The van der Waals surface area contributed by atoms with Gasteiger partial charge in [-0.05, 0) is 97.8 Å². The number of benzene rings is 2. The predicted molar refractivity (Wildman–Crippen MR) is 132 cm³/mol. The Morgan fingerprint density at radius 2 is 1.58 bits per heavy atom. The lowest BCUT2D eigenvalue weighted by Gasteiger charge is -2.57. The van der Waals surface area contributed by atoms with E-state index >= 15 is 0 Å². The van der Waals surface area contributed by atoms with Crippen molar-refractivity contribution >= 4 is 39.1 Å². The van der Waals surface area contributed by atoms with Gasteiger partial charge in [-0.25, -0.2) is 0 Å². The molecule has 5 nitrogen and oxygen atoms in total. The van der Waals surface area contributed by atoms with Crippen LogP contribution in [0.4, 0.5) is 5.69 Å². The van der Waals surface area contributed by atoms with Crippen LogP contribution < -0.4 is 10.6 Å². The number of rotatable bonds is 6. The number of carbonyl (C=O) groups excluding carboxylic acids is 2. The Morgan fingerprint density at radius 1 is 0.909 bits per heavy atom. The molecule has 3 aromatic rings. The topological polar surface area (TPSA) is 71.1 Å². The summed E-state index contributed by atoms with van der Waals surface area (Å²) in [4.78, 5) is 26.0. The van der Waals surface area contributed by atoms with Crippen LogP contribution in [0.1, 0.15) is 65.8 Å². The molecule has 2 aromatic carbocycles. The molecule has 7 rings (SSSR count). The van der Waals surface area contributed by atoms with Gasteiger partial charge in [0.25, 0.3) is 11.8 Å². The maximum atomic E-state index is 13.1. The second-order valence-electron chi connectivity index (χ2n) is 10.5. The SMILES string of the molecule is O=C(NCCC12CC3CC(CC(C3)C1)C2)c1ccccc1NC(=O)c1nsc2ccccc12. The minimum Gasteiger partial charge on any atom is -0.352 e. The fraction of sp³-hybridized carbons (Fsp3) is 0.444. The molecule has 1 heterocycles. The van der Waals surface area contributed by atoms with Crippen LogP contribution in [0.2, 0.25) is 0 Å². The first kappa shape index (κ1) is 20.8. The molecule has 0 unspecified atom stereocenters. The van der Waals surface area contributed by atoms with E-state index in [1.165, 1.54) is 50.1 Å². The fourth-order valence-electron chi connectivity index (χ4n) is 7.15. The van der Waals surface area contributed by atoms with Gasteiger partial charge in [0.1, 0.15) is 5.69 Å². The molecule has 0 saturated heterocycles. The molecule has 2 amide bonds. The largest absolute Gasteiger partial charge is 0.352 e. The van der Waals surface area contributed by atoms with E-state index in [1.807, 2.05) is 36.4 Å². The third kappa shape index (κ3) is 3.95. The lowest BCUT2D eigenvalue weighted by atomic mass is 9.49. The van der Waals surface area contributed by atoms with E-state index in [2.05, 4.69) is 15.0 Å². The lowest BCUT2D eigenvalue weighted by molar-refractivity contribution is -0.0564. The number of fused-ring (bicyclic) bond motifs is 1. The Hall–Kier alpha value is -2.73. The normalized spacial score (nSPS) is 27.6. The summed E-state index contributed by atoms with van der Waals surface area (Å²) in [5.41, 5.74) is 1.86. The molecule has 4 aliphatic carbocycles. The van der Waals surface area contributed by atoms with Gasteiger partial charge in [0.15, 0.2) is 0 Å². The number of anilines is 1. The van der Waals surface area contributed by atoms with Crippen LogP contribution in [0, 0.1) is 23.2 Å². The summed E-state index contributed by atoms with van der Waals surface area (Å²) in [7, 11) is 0. The monoisotopic (exact) mass is 459 g/mol. The minimum atomic E-state index is -0.290. The number of hydrogen-bond donors (Lipinski definition) is 2. The average Bonchev–Trinajstić information content (AvgIpc) is 3.23. The van der Waals surface area contributed by atoms with Crippen LogP contribution in [0.25, 0.3) is 10.1 Å². The smallest absolute Gasteiger partial charge is 0.276 e. The van der Waals surface area contributed by atoms with Gasteiger partial charge in [-0.3, -0.25) is 9.59 Å². The van der Waals surface area contributed by atoms with E-state index in [0.717, 1.165) is 34.3 Å². The van der Waals surface area contributed by atoms with Gasteiger partial charge in [0.05, 0.1) is 16.0 Å². The Bertz CT molecular complexity index is 1180. The molecule has 0 aliphatic heterocycles. The Kier molecular flexibility index (Phi) is 5.21. The lowest BCUT2D eigenvalue weighted by Crippen LogP contribution is -2.47. The molecule has 6 heteroatoms. The van der Waals surface area contributed by atoms with Gasteiger partial charge < -0.3 is 10.6 Å². The van der Waals surface area contributed by atoms with Crippen LogP contribution in [0.15, 0.2) is 48.5 Å². The van der Waals surface area contributed by atoms with Crippen molar-refractivity contribution in [1.29, 1.82) is 0 Å². The maximum Gasteiger partial charge on any atom is 0.276 e. The van der Waals surface area contributed by atoms with Crippen LogP contribution >= 0.6 is 11.5 Å². The van der Waals surface area contributed by atoms with Gasteiger partial charge in [-0.1, -0.05) is 30.3 Å². The van der Waals surface area contributed by atoms with Crippen LogP contribution in [0.5, 0.6) is 0 Å². The third-order valence-electron chi connectivity index (χ3n) is 8.12. The van der Waals surface area contributed by atoms with Crippen molar-refractivity contribution in [3.8, 4) is 0 Å². The number of nitrogens with one attached hydrogen (secondary N) is 2. The van der Waals surface area contributed by atoms with E-state index in [1.54, 1.807) is 12.1 Å². The quantitative estimate of drug-likeness (QED) is 0.483. The summed E-state index contributed by atoms with van der Waals surface area (Å²) in [5, 5.41) is 6.89. The molecule has 170 valence electrons. The molecule has 0 radical (unpaired) electrons. The number of aromatic nitrogens is 1. The van der Waals surface area contributed by atoms with Gasteiger partial charge in [0.2, 0.25) is 0 Å². The highest BCUT2D eigenvalue weighted by molar-refractivity contribution is 7.13. The third-order valence-corrected chi connectivity index (χ3v) is 8.94. The maximum absolute atomic E-state index is 13.1. The Morgan fingerprint density at radius 3 is 2.33 bits per heavy atom. The average molecular weight is 460 g/mol. The highest BCUT2D eigenvalue weighted by Crippen LogP contribution is 2.61. The number of hydrogen-bond acceptors (Lipinski definition) is 4. The van der Waals surface area contributed by atoms with Crippen molar-refractivity contribution in [3.05, 3.63) is 59.8 Å². The zero-order valence-electron chi connectivity index (χ0n) is 18.7. The first-order valence-corrected chi connectivity index (χ1v) is 12.9. The molecule has 1 aromatic heterocycles. The van der Waals surface area contributed by atoms with Gasteiger partial charge in [-0.2, -0.15) is 4.37 Å². The summed E-state index contributed by atoms with van der Waals surface area (Å²) in [6.07, 6.45) is 9.43. The summed E-state index contributed by atoms with van der Waals surface area (Å²) >= 11 is 1.31. The first-order valence-electron chi connectivity index (χ1n) is 12.1. The van der Waals surface area contributed by atoms with E-state index in [0.29, 0.717) is 28.9 Å². The Labute approximate surface area is 198 Å². The van der Waals surface area contributed by atoms with Crippen molar-refractivity contribution in [2.75, 3.05) is 11.9 Å². The fourth-order valence-corrected chi connectivity index (χ4v) is 7.93. The van der Waals surface area contributed by atoms with Crippen LogP contribution in [-0.2, 0) is 0 Å². The molecule has 4 fully saturated rings. The second-order valence-corrected chi connectivity index (χ2v) is 11.3. The van der Waals surface area contributed by atoms with Crippen molar-refractivity contribution < 1.29 is 9.59 Å². The number of carbonyl (C=O) groups is 2. The number of nitrogens with zero attached hydrogens (tertiary/aromatic N) is 1. The zero-order valence-corrected chi connectivity index (χ0v) is 19.5. The molecular weight excluding hydrogens is 430 g/mol. The molecule has 0 spiro atoms. The Balaban J connectivity index is 1.12. The van der Waals surface area contributed by atoms with E-state index < -0.39 is 0 Å². The standard InChI is InChI=1S/C27H29N3O2S/c31-25(28-10-9-27-14-17-11-18(15-27)13-19(12-17)16-27)20-5-1-3-7-22(20)29-26(32)24-21-6-2-4-8-23(21)33-30-24/h1-8,17-19H,9-16H2,(H,28,31)(H,29,32). The van der Waals surface area contributed by atoms with Crippen molar-refractivity contribution in [1.82, 2.24) is 9.69 Å². The minimum absolute atomic E-state index is 0.126. The van der Waals surface area contributed by atoms with Crippen molar-refractivity contribution in [2.45, 2.75) is 44.9 Å². The molecule has 2 N–H and O–H groups in total. The van der Waals surface area contributed by atoms with Crippen LogP contribution in [-0.4, -0.2) is 22.7 Å². The predicted octanol–water partition coefficient (Wildman–Crippen LogP) is 5.88. The summed E-state index contributed by atoms with van der Waals surface area (Å²) in [5.74, 6) is 2.35. The number of para-hydroxylation sites is 1. The van der Waals surface area contributed by atoms with Crippen molar-refractivity contribution in [2.24, 2.45) is 23.2 Å². The molecule has 4 aliphatic rings. The molecule has 4 saturated carbocycles. The van der Waals surface area contributed by atoms with Gasteiger partial charge >= 0.3 is 0 Å². The van der Waals surface area contributed by atoms with Gasteiger partial charge in [-0.15, -0.1) is 0 Å². The summed E-state index contributed by atoms with van der Waals surface area (Å²) in [6.45, 7) is 0.698. The zero-order chi connectivity index (χ0) is 22.4. The highest BCUT2D eigenvalue weighted by Gasteiger charge is 2.50. The van der Waals surface area contributed by atoms with Gasteiger partial charge in [0, 0.05) is 11.9 Å². The molecule has 0 atom stereocenters. The summed E-state index contributed by atoms with van der Waals surface area (Å²) < 4.78 is 5.31. The van der Waals surface area contributed by atoms with E-state index in [-0.39, 0.29) is 11.8 Å². The first-order chi connectivity index (χ1) is 16.1. The summed E-state index contributed by atoms with van der Waals surface area (Å²) in [6, 6.07) is 14.9. The van der Waals surface area contributed by atoms with Crippen molar-refractivity contribution in [3.63, 3.8) is 0 Å². The highest BCUT2D eigenvalue weighted by atomic mass is 32.1.